The van der Waals surface area contributed by atoms with Crippen LogP contribution in [0.3, 0.4) is 0 Å². The van der Waals surface area contributed by atoms with Gasteiger partial charge < -0.3 is 197 Å². The minimum atomic E-state index is -0.271. The summed E-state index contributed by atoms with van der Waals surface area (Å²) in [5, 5.41) is 17.7. The summed E-state index contributed by atoms with van der Waals surface area (Å²) in [6, 6.07) is 0. The van der Waals surface area contributed by atoms with Gasteiger partial charge in [-0.25, -0.2) is 0 Å². The highest BCUT2D eigenvalue weighted by Crippen LogP contribution is 2.04. The van der Waals surface area contributed by atoms with Crippen LogP contribution in [0.2, 0.25) is 0 Å². The van der Waals surface area contributed by atoms with Gasteiger partial charge in [-0.2, -0.15) is 50.5 Å². The van der Waals surface area contributed by atoms with E-state index in [1.807, 2.05) is 0 Å². The zero-order valence-corrected chi connectivity index (χ0v) is 79.7. The van der Waals surface area contributed by atoms with Crippen molar-refractivity contribution in [2.45, 2.75) is 36.6 Å². The Kier molecular flexibility index (Phi) is 114. The number of ether oxygens (including phenoxy) is 37. The van der Waals surface area contributed by atoms with E-state index in [0.29, 0.717) is 485 Å². The van der Waals surface area contributed by atoms with Crippen molar-refractivity contribution >= 4 is 50.5 Å². The van der Waals surface area contributed by atoms with Gasteiger partial charge in [0, 0.05) is 36.1 Å². The van der Waals surface area contributed by atoms with Gasteiger partial charge in [0.1, 0.15) is 0 Å². The second-order valence-electron chi connectivity index (χ2n) is 26.4. The molecule has 0 fully saturated rings. The fourth-order valence-electron chi connectivity index (χ4n) is 9.37. The Labute approximate surface area is 778 Å². The summed E-state index contributed by atoms with van der Waals surface area (Å²) in [7, 11) is 0. The van der Waals surface area contributed by atoms with E-state index in [1.54, 1.807) is 0 Å². The molecule has 6 atom stereocenters. The van der Waals surface area contributed by atoms with Crippen LogP contribution in [0.4, 0.5) is 0 Å². The molecular formula is C82H168N2O39S4. The van der Waals surface area contributed by atoms with Crippen LogP contribution in [-0.4, -0.2) is 545 Å². The third-order valence-corrected chi connectivity index (χ3v) is 17.7. The Balaban J connectivity index is 3.44. The summed E-state index contributed by atoms with van der Waals surface area (Å²) in [6.07, 6.45) is -1.26. The Morgan fingerprint density at radius 3 is 0.378 bits per heavy atom. The van der Waals surface area contributed by atoms with Crippen LogP contribution in [0.15, 0.2) is 0 Å². The molecule has 0 rings (SSSR count). The molecule has 0 radical (unpaired) electrons. The number of nitrogens with two attached hydrogens (primary N) is 2. The van der Waals surface area contributed by atoms with Gasteiger partial charge in [0.15, 0.2) is 0 Å². The van der Waals surface area contributed by atoms with E-state index in [-0.39, 0.29) is 49.8 Å². The van der Waals surface area contributed by atoms with E-state index in [9.17, 15) is 0 Å². The molecule has 0 heterocycles. The minimum Gasteiger partial charge on any atom is -0.394 e. The van der Waals surface area contributed by atoms with Crippen LogP contribution in [-0.2, 0) is 175 Å². The normalized spacial score (nSPS) is 13.4. The molecule has 0 amide bonds. The molecule has 0 bridgehead atoms. The molecule has 6 N–H and O–H groups in total. The maximum atomic E-state index is 9.07. The first-order valence-electron chi connectivity index (χ1n) is 44.7. The van der Waals surface area contributed by atoms with Crippen molar-refractivity contribution in [1.82, 2.24) is 0 Å². The molecule has 0 spiro atoms. The summed E-state index contributed by atoms with van der Waals surface area (Å²) in [4.78, 5) is 0. The standard InChI is InChI=1S/C82H168N2O39S4/c83-65-77(68-113-48-43-102-26-21-99-33-39-109-55-61-120-79(67-86)73-124)118-59-53-107-37-31-98-24-29-105-46-51-116-71-81(75-126)123-64-58-112-42-36-101-25-30-106-47-52-117-72-82(76-127)122-63-57-111-41-35-100-22-27-103-44-49-114-69-78(66-84)119-60-54-108-38-32-97-23-28-104-45-50-115-70-80(74-125)121-62-56-110-40-34-96-20-19-95-18-17-94-16-15-93-14-13-92-12-11-91-10-9-90-8-7-89-6-5-88-4-3-87-2-1-85/h77-82,85-86,124-127H,1-76,83-84H2/t77-,78-,79+,80+,81+,82+/m0/s1. The molecule has 0 aromatic heterocycles. The van der Waals surface area contributed by atoms with Gasteiger partial charge in [0.2, 0.25) is 0 Å². The number of hydrogen-bond acceptors (Lipinski definition) is 45. The van der Waals surface area contributed by atoms with Crippen molar-refractivity contribution < 1.29 is 185 Å². The second-order valence-corrected chi connectivity index (χ2v) is 27.8. The van der Waals surface area contributed by atoms with Crippen molar-refractivity contribution in [3.8, 4) is 0 Å². The van der Waals surface area contributed by atoms with E-state index in [4.69, 9.17) is 197 Å². The van der Waals surface area contributed by atoms with Gasteiger partial charge in [0.05, 0.1) is 499 Å². The third-order valence-electron chi connectivity index (χ3n) is 16.1. The Hall–Kier alpha value is -0.240. The highest BCUT2D eigenvalue weighted by atomic mass is 32.1. The van der Waals surface area contributed by atoms with Gasteiger partial charge in [-0.05, 0) is 0 Å². The van der Waals surface area contributed by atoms with Crippen LogP contribution in [0.1, 0.15) is 0 Å². The highest BCUT2D eigenvalue weighted by Gasteiger charge is 2.14. The Morgan fingerprint density at radius 2 is 0.252 bits per heavy atom. The van der Waals surface area contributed by atoms with Crippen molar-refractivity contribution in [1.29, 1.82) is 0 Å². The Bertz CT molecular complexity index is 1990. The minimum absolute atomic E-state index is 0.0123. The molecule has 0 aliphatic heterocycles. The largest absolute Gasteiger partial charge is 0.394 e. The summed E-state index contributed by atoms with van der Waals surface area (Å²) in [6.45, 7) is 30.2. The number of aliphatic hydroxyl groups is 2. The highest BCUT2D eigenvalue weighted by molar-refractivity contribution is 7.80. The van der Waals surface area contributed by atoms with Crippen LogP contribution in [0.5, 0.6) is 0 Å². The maximum Gasteiger partial charge on any atom is 0.0931 e. The fraction of sp³-hybridized carbons (Fsp3) is 1.00. The van der Waals surface area contributed by atoms with Gasteiger partial charge in [0.25, 0.3) is 0 Å². The summed E-state index contributed by atoms with van der Waals surface area (Å²) in [5.74, 6) is 2.00. The topological polar surface area (TPSA) is 434 Å². The van der Waals surface area contributed by atoms with E-state index in [0.717, 1.165) is 0 Å². The monoisotopic (exact) mass is 1930 g/mol. The predicted molar refractivity (Wildman–Crippen MR) is 482 cm³/mol. The van der Waals surface area contributed by atoms with Gasteiger partial charge in [-0.3, -0.25) is 0 Å². The van der Waals surface area contributed by atoms with Crippen molar-refractivity contribution in [3.05, 3.63) is 0 Å². The molecule has 0 saturated heterocycles. The summed E-state index contributed by atoms with van der Waals surface area (Å²) >= 11 is 17.3. The zero-order valence-electron chi connectivity index (χ0n) is 76.1. The lowest BCUT2D eigenvalue weighted by molar-refractivity contribution is -0.0568. The fourth-order valence-corrected chi connectivity index (χ4v) is 10.2. The predicted octanol–water partition coefficient (Wildman–Crippen LogP) is -0.567. The number of rotatable bonds is 118. The van der Waals surface area contributed by atoms with Gasteiger partial charge in [-0.15, -0.1) is 0 Å². The molecule has 764 valence electrons. The SMILES string of the molecule is NC[C@@H](COCCOCCOCCOCCO[C@@H](CS)COCCOCCOCCOCCO[C@@H](CS)COCCOCCOCCOCCO[C@@H](CN)COCCOCCOCCOCCO[C@H](CO)CS)OCCOCCOCCOCCOC[C@H](CS)OCCOCCOCCOCCOCCOCCOCCOCCOCCOCCOCCOCCO. The van der Waals surface area contributed by atoms with Crippen molar-refractivity contribution in [2.75, 3.05) is 499 Å². The first-order chi connectivity index (χ1) is 63.0. The van der Waals surface area contributed by atoms with Crippen LogP contribution in [0.25, 0.3) is 0 Å². The van der Waals surface area contributed by atoms with Crippen molar-refractivity contribution in [2.24, 2.45) is 11.5 Å². The third kappa shape index (κ3) is 105. The van der Waals surface area contributed by atoms with Crippen LogP contribution >= 0.6 is 50.5 Å². The average Bonchev–Trinajstić information content (AvgIpc) is 1.03. The number of thiol groups is 4. The lowest BCUT2D eigenvalue weighted by atomic mass is 10.4. The molecule has 41 nitrogen and oxygen atoms in total. The first-order valence-corrected chi connectivity index (χ1v) is 47.2. The van der Waals surface area contributed by atoms with Crippen molar-refractivity contribution in [3.63, 3.8) is 0 Å². The molecule has 0 saturated carbocycles. The van der Waals surface area contributed by atoms with Gasteiger partial charge in [-0.1, -0.05) is 0 Å². The summed E-state index contributed by atoms with van der Waals surface area (Å²) in [5.41, 5.74) is 11.7. The maximum absolute atomic E-state index is 9.07. The molecule has 0 aliphatic rings. The van der Waals surface area contributed by atoms with E-state index < -0.39 is 0 Å². The van der Waals surface area contributed by atoms with E-state index in [2.05, 4.69) is 50.5 Å². The van der Waals surface area contributed by atoms with Gasteiger partial charge >= 0.3 is 0 Å². The smallest absolute Gasteiger partial charge is 0.0931 e. The molecule has 0 aromatic carbocycles. The lowest BCUT2D eigenvalue weighted by Gasteiger charge is -2.16. The van der Waals surface area contributed by atoms with Crippen LogP contribution in [0, 0.1) is 0 Å². The van der Waals surface area contributed by atoms with E-state index in [1.165, 1.54) is 0 Å². The number of hydrogen-bond donors (Lipinski definition) is 8. The Morgan fingerprint density at radius 1 is 0.142 bits per heavy atom. The molecular weight excluding hydrogens is 1770 g/mol. The lowest BCUT2D eigenvalue weighted by Crippen LogP contribution is -2.30. The van der Waals surface area contributed by atoms with E-state index >= 15 is 0 Å². The van der Waals surface area contributed by atoms with Crippen LogP contribution < -0.4 is 11.5 Å². The zero-order chi connectivity index (χ0) is 91.4. The summed E-state index contributed by atoms with van der Waals surface area (Å²) < 4.78 is 207. The average molecular weight is 1930 g/mol. The molecule has 127 heavy (non-hydrogen) atoms. The molecule has 45 heteroatoms. The molecule has 0 aliphatic carbocycles. The second kappa shape index (κ2) is 114. The molecule has 0 unspecified atom stereocenters. The number of aliphatic hydroxyl groups excluding tert-OH is 2. The quantitative estimate of drug-likeness (QED) is 0.0279. The first kappa shape index (κ1) is 127. The molecule has 0 aromatic rings.